The molecule has 0 aliphatic carbocycles. The van der Waals surface area contributed by atoms with E-state index in [1.54, 1.807) is 7.05 Å². The molecule has 0 aliphatic heterocycles. The van der Waals surface area contributed by atoms with Gasteiger partial charge in [-0.2, -0.15) is 0 Å². The van der Waals surface area contributed by atoms with Gasteiger partial charge in [-0.15, -0.1) is 0 Å². The first kappa shape index (κ1) is 14.4. The van der Waals surface area contributed by atoms with Crippen molar-refractivity contribution in [3.05, 3.63) is 26.7 Å². The molecule has 0 fully saturated rings. The molecule has 0 aromatic carbocycles. The van der Waals surface area contributed by atoms with E-state index < -0.39 is 23.5 Å². The first-order valence-electron chi connectivity index (χ1n) is 6.15. The van der Waals surface area contributed by atoms with Gasteiger partial charge in [-0.05, 0) is 20.0 Å². The van der Waals surface area contributed by atoms with Crippen LogP contribution in [0.3, 0.4) is 0 Å². The fourth-order valence-corrected chi connectivity index (χ4v) is 1.89. The van der Waals surface area contributed by atoms with Crippen molar-refractivity contribution in [3.8, 4) is 0 Å². The van der Waals surface area contributed by atoms with Gasteiger partial charge in [0.25, 0.3) is 5.56 Å². The van der Waals surface area contributed by atoms with Crippen LogP contribution in [0.25, 0.3) is 11.2 Å². The predicted octanol–water partition coefficient (Wildman–Crippen LogP) is -2.05. The molecule has 2 aromatic rings. The molecule has 0 amide bonds. The van der Waals surface area contributed by atoms with Crippen molar-refractivity contribution >= 4 is 11.2 Å². The highest BCUT2D eigenvalue weighted by Crippen LogP contribution is 2.17. The molecule has 2 rings (SSSR count). The van der Waals surface area contributed by atoms with Gasteiger partial charge in [-0.3, -0.25) is 14.3 Å². The quantitative estimate of drug-likeness (QED) is 0.428. The summed E-state index contributed by atoms with van der Waals surface area (Å²) in [5.41, 5.74) is -0.986. The van der Waals surface area contributed by atoms with Crippen molar-refractivity contribution in [1.82, 2.24) is 24.8 Å². The predicted molar refractivity (Wildman–Crippen MR) is 71.5 cm³/mol. The lowest BCUT2D eigenvalue weighted by atomic mass is 10.1. The van der Waals surface area contributed by atoms with Crippen LogP contribution in [-0.4, -0.2) is 49.4 Å². The summed E-state index contributed by atoms with van der Waals surface area (Å²) < 4.78 is 1.16. The summed E-state index contributed by atoms with van der Waals surface area (Å²) in [5.74, 6) is 0.0512. The van der Waals surface area contributed by atoms with Crippen molar-refractivity contribution in [2.75, 3.05) is 13.6 Å². The second-order valence-corrected chi connectivity index (χ2v) is 4.54. The molecule has 0 aliphatic rings. The number of aryl methyl sites for hydroxylation is 1. The molecule has 2 aromatic heterocycles. The number of aromatic nitrogens is 4. The van der Waals surface area contributed by atoms with Gasteiger partial charge < -0.3 is 20.5 Å². The van der Waals surface area contributed by atoms with Gasteiger partial charge in [0.1, 0.15) is 17.4 Å². The molecular formula is C11H17N5O4. The van der Waals surface area contributed by atoms with Gasteiger partial charge in [0, 0.05) is 7.05 Å². The Labute approximate surface area is 113 Å². The Balaban J connectivity index is 2.42. The van der Waals surface area contributed by atoms with Gasteiger partial charge in [-0.1, -0.05) is 0 Å². The molecule has 2 atom stereocenters. The Morgan fingerprint density at radius 3 is 2.70 bits per heavy atom. The van der Waals surface area contributed by atoms with Crippen LogP contribution in [-0.2, 0) is 7.05 Å². The van der Waals surface area contributed by atoms with E-state index in [0.717, 1.165) is 4.57 Å². The third kappa shape index (κ3) is 2.50. The van der Waals surface area contributed by atoms with E-state index in [9.17, 15) is 19.8 Å². The minimum Gasteiger partial charge on any atom is -0.390 e. The van der Waals surface area contributed by atoms with Crippen LogP contribution in [0.2, 0.25) is 0 Å². The van der Waals surface area contributed by atoms with Crippen molar-refractivity contribution < 1.29 is 10.2 Å². The summed E-state index contributed by atoms with van der Waals surface area (Å²) >= 11 is 0. The summed E-state index contributed by atoms with van der Waals surface area (Å²) in [6.45, 7) is 0.525. The lowest BCUT2D eigenvalue weighted by molar-refractivity contribution is 0.00944. The number of aliphatic hydroxyl groups is 2. The van der Waals surface area contributed by atoms with Crippen molar-refractivity contribution in [1.29, 1.82) is 0 Å². The van der Waals surface area contributed by atoms with Crippen LogP contribution in [0.5, 0.6) is 0 Å². The van der Waals surface area contributed by atoms with Gasteiger partial charge >= 0.3 is 5.69 Å². The Kier molecular flexibility index (Phi) is 4.02. The first-order chi connectivity index (χ1) is 9.45. The summed E-state index contributed by atoms with van der Waals surface area (Å²) in [6.07, 6.45) is -1.96. The molecule has 9 nitrogen and oxygen atoms in total. The summed E-state index contributed by atoms with van der Waals surface area (Å²) in [5, 5.41) is 22.7. The summed E-state index contributed by atoms with van der Waals surface area (Å²) in [4.78, 5) is 31.9. The molecule has 0 saturated carbocycles. The zero-order valence-corrected chi connectivity index (χ0v) is 11.2. The van der Waals surface area contributed by atoms with Gasteiger partial charge in [0.15, 0.2) is 5.65 Å². The number of fused-ring (bicyclic) bond motifs is 1. The third-order valence-electron chi connectivity index (χ3n) is 3.11. The van der Waals surface area contributed by atoms with Gasteiger partial charge in [-0.25, -0.2) is 9.78 Å². The fourth-order valence-electron chi connectivity index (χ4n) is 1.89. The average Bonchev–Trinajstić information content (AvgIpc) is 2.87. The second kappa shape index (κ2) is 5.57. The maximum absolute atomic E-state index is 11.6. The number of nitrogens with zero attached hydrogens (tertiary/aromatic N) is 2. The van der Waals surface area contributed by atoms with Crippen molar-refractivity contribution in [2.45, 2.75) is 18.6 Å². The lowest BCUT2D eigenvalue weighted by Gasteiger charge is -2.15. The Morgan fingerprint density at radius 1 is 1.35 bits per heavy atom. The zero-order chi connectivity index (χ0) is 14.9. The number of H-pyrrole nitrogens is 2. The first-order valence-corrected chi connectivity index (χ1v) is 6.15. The molecule has 5 N–H and O–H groups in total. The van der Waals surface area contributed by atoms with Crippen LogP contribution < -0.4 is 16.6 Å². The van der Waals surface area contributed by atoms with E-state index >= 15 is 0 Å². The average molecular weight is 283 g/mol. The highest BCUT2D eigenvalue weighted by molar-refractivity contribution is 5.69. The molecule has 0 bridgehead atoms. The minimum atomic E-state index is -1.26. The van der Waals surface area contributed by atoms with Crippen LogP contribution in [0.1, 0.15) is 18.3 Å². The molecule has 2 heterocycles. The number of rotatable bonds is 5. The van der Waals surface area contributed by atoms with E-state index in [2.05, 4.69) is 20.3 Å². The molecule has 0 saturated heterocycles. The topological polar surface area (TPSA) is 136 Å². The monoisotopic (exact) mass is 283 g/mol. The SMILES string of the molecule is CNCCC(O)C(O)c1nc2c([nH]1)c(=O)[nH]c(=O)n2C. The highest BCUT2D eigenvalue weighted by atomic mass is 16.3. The van der Waals surface area contributed by atoms with E-state index in [4.69, 9.17) is 0 Å². The third-order valence-corrected chi connectivity index (χ3v) is 3.11. The molecular weight excluding hydrogens is 266 g/mol. The Morgan fingerprint density at radius 2 is 2.05 bits per heavy atom. The molecule has 0 spiro atoms. The van der Waals surface area contributed by atoms with Crippen molar-refractivity contribution in [3.63, 3.8) is 0 Å². The minimum absolute atomic E-state index is 0.0512. The van der Waals surface area contributed by atoms with Crippen LogP contribution in [0, 0.1) is 0 Å². The van der Waals surface area contributed by atoms with Crippen molar-refractivity contribution in [2.24, 2.45) is 7.05 Å². The van der Waals surface area contributed by atoms with E-state index in [1.807, 2.05) is 0 Å². The van der Waals surface area contributed by atoms with Gasteiger partial charge in [0.05, 0.1) is 6.10 Å². The standard InChI is InChI=1S/C11H17N5O4/c1-12-4-3-5(17)7(18)8-13-6-9(14-8)16(2)11(20)15-10(6)19/h5,7,12,17-18H,3-4H2,1-2H3,(H,13,14)(H,15,19,20). The zero-order valence-electron chi connectivity index (χ0n) is 11.2. The normalized spacial score (nSPS) is 14.6. The number of nitrogens with one attached hydrogen (secondary N) is 3. The molecule has 110 valence electrons. The Hall–Kier alpha value is -1.97. The highest BCUT2D eigenvalue weighted by Gasteiger charge is 2.22. The maximum atomic E-state index is 11.6. The maximum Gasteiger partial charge on any atom is 0.329 e. The largest absolute Gasteiger partial charge is 0.390 e. The summed E-state index contributed by atoms with van der Waals surface area (Å²) in [7, 11) is 3.19. The fraction of sp³-hybridized carbons (Fsp3) is 0.545. The number of aromatic amines is 2. The Bertz CT molecular complexity index is 716. The number of hydrogen-bond acceptors (Lipinski definition) is 6. The second-order valence-electron chi connectivity index (χ2n) is 4.54. The number of hydrogen-bond donors (Lipinski definition) is 5. The van der Waals surface area contributed by atoms with E-state index in [1.165, 1.54) is 7.05 Å². The molecule has 0 radical (unpaired) electrons. The lowest BCUT2D eigenvalue weighted by Crippen LogP contribution is -2.28. The molecule has 2 unspecified atom stereocenters. The number of imidazole rings is 1. The van der Waals surface area contributed by atoms with E-state index in [-0.39, 0.29) is 17.0 Å². The van der Waals surface area contributed by atoms with Crippen LogP contribution in [0.15, 0.2) is 9.59 Å². The summed E-state index contributed by atoms with van der Waals surface area (Å²) in [6, 6.07) is 0. The van der Waals surface area contributed by atoms with Crippen LogP contribution in [0.4, 0.5) is 0 Å². The van der Waals surface area contributed by atoms with E-state index in [0.29, 0.717) is 13.0 Å². The van der Waals surface area contributed by atoms with Gasteiger partial charge in [0.2, 0.25) is 0 Å². The smallest absolute Gasteiger partial charge is 0.329 e. The van der Waals surface area contributed by atoms with Crippen LogP contribution >= 0.6 is 0 Å². The molecule has 9 heteroatoms. The number of aliphatic hydroxyl groups excluding tert-OH is 2. The molecule has 20 heavy (non-hydrogen) atoms.